The van der Waals surface area contributed by atoms with Crippen molar-refractivity contribution in [2.24, 2.45) is 0 Å². The SMILES string of the molecule is CN(CC(=O)NC1(C(=O)O)CCOCC1)Cc1ccc(F)cc1. The molecular weight excluding hydrogens is 303 g/mol. The summed E-state index contributed by atoms with van der Waals surface area (Å²) in [6.07, 6.45) is 0.519. The summed E-state index contributed by atoms with van der Waals surface area (Å²) in [4.78, 5) is 25.4. The maximum Gasteiger partial charge on any atom is 0.329 e. The molecule has 1 aromatic carbocycles. The molecular formula is C16H21FN2O4. The fourth-order valence-electron chi connectivity index (χ4n) is 2.62. The van der Waals surface area contributed by atoms with Gasteiger partial charge in [-0.1, -0.05) is 12.1 Å². The van der Waals surface area contributed by atoms with E-state index in [0.29, 0.717) is 19.8 Å². The van der Waals surface area contributed by atoms with Crippen molar-refractivity contribution >= 4 is 11.9 Å². The number of nitrogens with one attached hydrogen (secondary N) is 1. The topological polar surface area (TPSA) is 78.9 Å². The Morgan fingerprint density at radius 1 is 1.30 bits per heavy atom. The fraction of sp³-hybridized carbons (Fsp3) is 0.500. The van der Waals surface area contributed by atoms with Gasteiger partial charge in [-0.15, -0.1) is 0 Å². The van der Waals surface area contributed by atoms with Crippen LogP contribution in [0.5, 0.6) is 0 Å². The lowest BCUT2D eigenvalue weighted by atomic mass is 9.90. The van der Waals surface area contributed by atoms with E-state index in [1.165, 1.54) is 12.1 Å². The van der Waals surface area contributed by atoms with Gasteiger partial charge in [-0.05, 0) is 24.7 Å². The van der Waals surface area contributed by atoms with Crippen molar-refractivity contribution in [3.63, 3.8) is 0 Å². The number of likely N-dealkylation sites (N-methyl/N-ethyl adjacent to an activating group) is 1. The van der Waals surface area contributed by atoms with Gasteiger partial charge in [0.2, 0.25) is 5.91 Å². The van der Waals surface area contributed by atoms with E-state index in [4.69, 9.17) is 4.74 Å². The molecule has 23 heavy (non-hydrogen) atoms. The van der Waals surface area contributed by atoms with Gasteiger partial charge in [-0.3, -0.25) is 9.69 Å². The quantitative estimate of drug-likeness (QED) is 0.816. The minimum absolute atomic E-state index is 0.0628. The summed E-state index contributed by atoms with van der Waals surface area (Å²) >= 11 is 0. The lowest BCUT2D eigenvalue weighted by molar-refractivity contribution is -0.152. The number of hydrogen-bond donors (Lipinski definition) is 2. The Morgan fingerprint density at radius 3 is 2.48 bits per heavy atom. The molecule has 0 aliphatic carbocycles. The number of carbonyl (C=O) groups is 2. The van der Waals surface area contributed by atoms with Gasteiger partial charge in [0.15, 0.2) is 0 Å². The van der Waals surface area contributed by atoms with Crippen molar-refractivity contribution in [2.75, 3.05) is 26.8 Å². The van der Waals surface area contributed by atoms with Gasteiger partial charge in [0, 0.05) is 32.6 Å². The number of carboxylic acid groups (broad SMARTS) is 1. The summed E-state index contributed by atoms with van der Waals surface area (Å²) in [7, 11) is 1.75. The van der Waals surface area contributed by atoms with Crippen molar-refractivity contribution in [2.45, 2.75) is 24.9 Å². The van der Waals surface area contributed by atoms with E-state index < -0.39 is 11.5 Å². The highest BCUT2D eigenvalue weighted by Crippen LogP contribution is 2.21. The van der Waals surface area contributed by atoms with Crippen LogP contribution in [-0.4, -0.2) is 54.2 Å². The maximum absolute atomic E-state index is 12.9. The highest BCUT2D eigenvalue weighted by molar-refractivity contribution is 5.88. The summed E-state index contributed by atoms with van der Waals surface area (Å²) in [5.41, 5.74) is -0.368. The first-order valence-electron chi connectivity index (χ1n) is 7.46. The molecule has 0 saturated carbocycles. The third-order valence-electron chi connectivity index (χ3n) is 3.91. The molecule has 126 valence electrons. The first-order valence-corrected chi connectivity index (χ1v) is 7.46. The van der Waals surface area contributed by atoms with Crippen LogP contribution in [0.1, 0.15) is 18.4 Å². The molecule has 6 nitrogen and oxygen atoms in total. The number of benzene rings is 1. The van der Waals surface area contributed by atoms with Gasteiger partial charge in [0.1, 0.15) is 11.4 Å². The first-order chi connectivity index (χ1) is 10.9. The summed E-state index contributed by atoms with van der Waals surface area (Å²) in [5.74, 6) is -1.69. The number of halogens is 1. The van der Waals surface area contributed by atoms with Crippen molar-refractivity contribution in [3.05, 3.63) is 35.6 Å². The van der Waals surface area contributed by atoms with Gasteiger partial charge >= 0.3 is 5.97 Å². The number of amides is 1. The predicted molar refractivity (Wildman–Crippen MR) is 81.3 cm³/mol. The van der Waals surface area contributed by atoms with E-state index in [0.717, 1.165) is 5.56 Å². The Morgan fingerprint density at radius 2 is 1.91 bits per heavy atom. The summed E-state index contributed by atoms with van der Waals surface area (Å²) in [5, 5.41) is 12.1. The Bertz CT molecular complexity index is 556. The van der Waals surface area contributed by atoms with Gasteiger partial charge in [-0.25, -0.2) is 9.18 Å². The van der Waals surface area contributed by atoms with E-state index >= 15 is 0 Å². The Balaban J connectivity index is 1.89. The Labute approximate surface area is 134 Å². The second-order valence-electron chi connectivity index (χ2n) is 5.85. The molecule has 0 bridgehead atoms. The molecule has 0 spiro atoms. The molecule has 2 N–H and O–H groups in total. The molecule has 1 fully saturated rings. The molecule has 0 radical (unpaired) electrons. The lowest BCUT2D eigenvalue weighted by Crippen LogP contribution is -2.58. The van der Waals surface area contributed by atoms with Crippen molar-refractivity contribution in [1.29, 1.82) is 0 Å². The van der Waals surface area contributed by atoms with E-state index in [1.54, 1.807) is 24.1 Å². The number of aliphatic carboxylic acids is 1. The maximum atomic E-state index is 12.9. The van der Waals surface area contributed by atoms with Crippen LogP contribution in [0.3, 0.4) is 0 Å². The van der Waals surface area contributed by atoms with Gasteiger partial charge in [0.05, 0.1) is 6.54 Å². The number of hydrogen-bond acceptors (Lipinski definition) is 4. The van der Waals surface area contributed by atoms with Crippen molar-refractivity contribution < 1.29 is 23.8 Å². The van der Waals surface area contributed by atoms with Crippen LogP contribution >= 0.6 is 0 Å². The molecule has 2 rings (SSSR count). The molecule has 1 heterocycles. The fourth-order valence-corrected chi connectivity index (χ4v) is 2.62. The largest absolute Gasteiger partial charge is 0.480 e. The van der Waals surface area contributed by atoms with Crippen LogP contribution in [-0.2, 0) is 20.9 Å². The molecule has 0 aromatic heterocycles. The Hall–Kier alpha value is -1.99. The molecule has 1 aliphatic heterocycles. The molecule has 0 atom stereocenters. The van der Waals surface area contributed by atoms with Crippen LogP contribution in [0.4, 0.5) is 4.39 Å². The second-order valence-corrected chi connectivity index (χ2v) is 5.85. The highest BCUT2D eigenvalue weighted by Gasteiger charge is 2.41. The van der Waals surface area contributed by atoms with E-state index in [2.05, 4.69) is 5.32 Å². The van der Waals surface area contributed by atoms with Crippen molar-refractivity contribution in [1.82, 2.24) is 10.2 Å². The highest BCUT2D eigenvalue weighted by atomic mass is 19.1. The zero-order valence-electron chi connectivity index (χ0n) is 13.0. The zero-order valence-corrected chi connectivity index (χ0v) is 13.0. The van der Waals surface area contributed by atoms with Gasteiger partial charge < -0.3 is 15.2 Å². The average Bonchev–Trinajstić information content (AvgIpc) is 2.50. The Kier molecular flexibility index (Phi) is 5.68. The average molecular weight is 324 g/mol. The zero-order chi connectivity index (χ0) is 16.9. The lowest BCUT2D eigenvalue weighted by Gasteiger charge is -2.34. The number of nitrogens with zero attached hydrogens (tertiary/aromatic N) is 1. The third-order valence-corrected chi connectivity index (χ3v) is 3.91. The predicted octanol–water partition coefficient (Wildman–Crippen LogP) is 1.01. The summed E-state index contributed by atoms with van der Waals surface area (Å²) in [6, 6.07) is 6.04. The summed E-state index contributed by atoms with van der Waals surface area (Å²) in [6.45, 7) is 1.17. The van der Waals surface area contributed by atoms with E-state index in [1.807, 2.05) is 0 Å². The summed E-state index contributed by atoms with van der Waals surface area (Å²) < 4.78 is 18.0. The number of carbonyl (C=O) groups excluding carboxylic acids is 1. The van der Waals surface area contributed by atoms with Crippen LogP contribution in [0.15, 0.2) is 24.3 Å². The molecule has 1 aromatic rings. The number of ether oxygens (including phenoxy) is 1. The third kappa shape index (κ3) is 4.74. The molecule has 1 aliphatic rings. The van der Waals surface area contributed by atoms with E-state index in [-0.39, 0.29) is 31.1 Å². The minimum Gasteiger partial charge on any atom is -0.480 e. The van der Waals surface area contributed by atoms with E-state index in [9.17, 15) is 19.1 Å². The monoisotopic (exact) mass is 324 g/mol. The smallest absolute Gasteiger partial charge is 0.329 e. The standard InChI is InChI=1S/C16H21FN2O4/c1-19(10-12-2-4-13(17)5-3-12)11-14(20)18-16(15(21)22)6-8-23-9-7-16/h2-5H,6-11H2,1H3,(H,18,20)(H,21,22). The van der Waals surface area contributed by atoms with Crippen molar-refractivity contribution in [3.8, 4) is 0 Å². The number of carboxylic acids is 1. The van der Waals surface area contributed by atoms with Gasteiger partial charge in [0.25, 0.3) is 0 Å². The normalized spacial score (nSPS) is 17.0. The first kappa shape index (κ1) is 17.4. The second kappa shape index (κ2) is 7.52. The van der Waals surface area contributed by atoms with Crippen LogP contribution in [0.25, 0.3) is 0 Å². The molecule has 1 saturated heterocycles. The number of rotatable bonds is 6. The van der Waals surface area contributed by atoms with Gasteiger partial charge in [-0.2, -0.15) is 0 Å². The van der Waals surface area contributed by atoms with Crippen LogP contribution in [0, 0.1) is 5.82 Å². The molecule has 0 unspecified atom stereocenters. The molecule has 7 heteroatoms. The minimum atomic E-state index is -1.24. The molecule has 1 amide bonds. The van der Waals surface area contributed by atoms with Crippen LogP contribution in [0.2, 0.25) is 0 Å². The van der Waals surface area contributed by atoms with Crippen LogP contribution < -0.4 is 5.32 Å².